The molecule has 0 N–H and O–H groups in total. The zero-order valence-corrected chi connectivity index (χ0v) is 19.9. The minimum Gasteiger partial charge on any atom is -0.335 e. The van der Waals surface area contributed by atoms with Crippen LogP contribution in [0.15, 0.2) is 24.3 Å². The number of benzene rings is 1. The molecule has 1 aromatic rings. The van der Waals surface area contributed by atoms with Gasteiger partial charge in [0.25, 0.3) is 0 Å². The number of rotatable bonds is 8. The fourth-order valence-electron chi connectivity index (χ4n) is 5.31. The van der Waals surface area contributed by atoms with E-state index in [1.54, 1.807) is 0 Å². The van der Waals surface area contributed by atoms with Gasteiger partial charge in [0, 0.05) is 24.7 Å². The molecule has 172 valence electrons. The number of hydrogen-bond donors (Lipinski definition) is 0. The van der Waals surface area contributed by atoms with Crippen molar-refractivity contribution in [2.24, 2.45) is 0 Å². The lowest BCUT2D eigenvalue weighted by Crippen LogP contribution is -2.52. The first kappa shape index (κ1) is 22.8. The molecule has 0 aromatic heterocycles. The number of nitrogens with zero attached hydrogens (tertiary/aromatic N) is 2. The molecule has 3 aliphatic rings. The summed E-state index contributed by atoms with van der Waals surface area (Å²) in [5, 5.41) is 0. The minimum atomic E-state index is -3.01. The summed E-state index contributed by atoms with van der Waals surface area (Å²) in [6.07, 6.45) is 8.44. The van der Waals surface area contributed by atoms with Gasteiger partial charge in [0.05, 0.1) is 18.1 Å². The molecule has 1 aromatic carbocycles. The van der Waals surface area contributed by atoms with Crippen LogP contribution in [-0.4, -0.2) is 60.3 Å². The lowest BCUT2D eigenvalue weighted by molar-refractivity contribution is -0.138. The molecule has 0 bridgehead atoms. The van der Waals surface area contributed by atoms with E-state index in [2.05, 4.69) is 43.0 Å². The maximum Gasteiger partial charge on any atom is 0.237 e. The molecule has 6 heteroatoms. The van der Waals surface area contributed by atoms with E-state index in [1.807, 2.05) is 4.90 Å². The van der Waals surface area contributed by atoms with E-state index in [0.717, 1.165) is 45.1 Å². The highest BCUT2D eigenvalue weighted by atomic mass is 32.2. The summed E-state index contributed by atoms with van der Waals surface area (Å²) < 4.78 is 24.3. The average Bonchev–Trinajstić information content (AvgIpc) is 3.52. The molecule has 2 aliphatic carbocycles. The molecule has 5 nitrogen and oxygen atoms in total. The van der Waals surface area contributed by atoms with Crippen molar-refractivity contribution in [1.82, 2.24) is 9.80 Å². The number of carbonyl (C=O) groups is 1. The Bertz CT molecular complexity index is 855. The largest absolute Gasteiger partial charge is 0.335 e. The van der Waals surface area contributed by atoms with Crippen molar-refractivity contribution in [3.63, 3.8) is 0 Å². The van der Waals surface area contributed by atoms with Crippen molar-refractivity contribution in [1.29, 1.82) is 0 Å². The summed E-state index contributed by atoms with van der Waals surface area (Å²) in [6, 6.07) is 9.34. The lowest BCUT2D eigenvalue weighted by atomic mass is 9.92. The van der Waals surface area contributed by atoms with Gasteiger partial charge < -0.3 is 4.90 Å². The van der Waals surface area contributed by atoms with Crippen LogP contribution in [0.4, 0.5) is 0 Å². The fraction of sp³-hybridized carbons (Fsp3) is 0.720. The third-order valence-corrected chi connectivity index (χ3v) is 9.04. The third-order valence-electron chi connectivity index (χ3n) is 7.29. The molecule has 2 saturated carbocycles. The van der Waals surface area contributed by atoms with Crippen molar-refractivity contribution in [2.75, 3.05) is 18.1 Å². The summed E-state index contributed by atoms with van der Waals surface area (Å²) in [4.78, 5) is 17.9. The smallest absolute Gasteiger partial charge is 0.237 e. The van der Waals surface area contributed by atoms with Gasteiger partial charge in [0.15, 0.2) is 9.84 Å². The highest BCUT2D eigenvalue weighted by molar-refractivity contribution is 7.91. The molecular formula is C25H38N2O3S. The van der Waals surface area contributed by atoms with Gasteiger partial charge in [-0.2, -0.15) is 0 Å². The zero-order valence-electron chi connectivity index (χ0n) is 19.1. The van der Waals surface area contributed by atoms with E-state index < -0.39 is 9.84 Å². The predicted octanol–water partition coefficient (Wildman–Crippen LogP) is 4.12. The normalized spacial score (nSPS) is 24.1. The van der Waals surface area contributed by atoms with Crippen molar-refractivity contribution < 1.29 is 13.2 Å². The van der Waals surface area contributed by atoms with Crippen LogP contribution >= 0.6 is 0 Å². The molecule has 1 aliphatic heterocycles. The van der Waals surface area contributed by atoms with Gasteiger partial charge in [-0.25, -0.2) is 8.42 Å². The zero-order chi connectivity index (χ0) is 22.0. The van der Waals surface area contributed by atoms with Gasteiger partial charge in [0.2, 0.25) is 5.91 Å². The molecule has 0 spiro atoms. The Morgan fingerprint density at radius 1 is 0.935 bits per heavy atom. The Morgan fingerprint density at radius 2 is 1.61 bits per heavy atom. The molecule has 3 fully saturated rings. The van der Waals surface area contributed by atoms with Crippen LogP contribution in [0.3, 0.4) is 0 Å². The molecule has 1 amide bonds. The molecular weight excluding hydrogens is 408 g/mol. The van der Waals surface area contributed by atoms with Crippen LogP contribution in [-0.2, 0) is 21.2 Å². The molecule has 1 unspecified atom stereocenters. The van der Waals surface area contributed by atoms with Crippen LogP contribution < -0.4 is 0 Å². The van der Waals surface area contributed by atoms with Crippen molar-refractivity contribution >= 4 is 15.7 Å². The first-order valence-corrected chi connectivity index (χ1v) is 14.0. The van der Waals surface area contributed by atoms with Crippen molar-refractivity contribution in [2.45, 2.75) is 95.8 Å². The SMILES string of the molecule is CC(C)c1ccc(CN(CC(=O)N(C2CCCCC2)C2CCS(=O)(=O)C2)C2CC2)cc1. The second-order valence-electron chi connectivity index (χ2n) is 10.2. The first-order valence-electron chi connectivity index (χ1n) is 12.2. The average molecular weight is 447 g/mol. The summed E-state index contributed by atoms with van der Waals surface area (Å²) in [5.41, 5.74) is 2.58. The quantitative estimate of drug-likeness (QED) is 0.603. The van der Waals surface area contributed by atoms with Crippen LogP contribution in [0, 0.1) is 0 Å². The second-order valence-corrected chi connectivity index (χ2v) is 12.4. The topological polar surface area (TPSA) is 57.7 Å². The van der Waals surface area contributed by atoms with E-state index in [0.29, 0.717) is 24.9 Å². The fourth-order valence-corrected chi connectivity index (χ4v) is 7.02. The van der Waals surface area contributed by atoms with Crippen LogP contribution in [0.25, 0.3) is 0 Å². The summed E-state index contributed by atoms with van der Waals surface area (Å²) >= 11 is 0. The molecule has 31 heavy (non-hydrogen) atoms. The van der Waals surface area contributed by atoms with Crippen LogP contribution in [0.2, 0.25) is 0 Å². The Morgan fingerprint density at radius 3 is 2.16 bits per heavy atom. The molecule has 1 heterocycles. The predicted molar refractivity (Wildman–Crippen MR) is 125 cm³/mol. The number of carbonyl (C=O) groups excluding carboxylic acids is 1. The van der Waals surface area contributed by atoms with E-state index in [9.17, 15) is 13.2 Å². The second kappa shape index (κ2) is 9.62. The van der Waals surface area contributed by atoms with E-state index >= 15 is 0 Å². The third kappa shape index (κ3) is 5.89. The van der Waals surface area contributed by atoms with E-state index in [1.165, 1.54) is 17.5 Å². The maximum absolute atomic E-state index is 13.6. The van der Waals surface area contributed by atoms with Gasteiger partial charge in [-0.15, -0.1) is 0 Å². The highest BCUT2D eigenvalue weighted by Gasteiger charge is 2.40. The van der Waals surface area contributed by atoms with Gasteiger partial charge in [0.1, 0.15) is 0 Å². The summed E-state index contributed by atoms with van der Waals surface area (Å²) in [5.74, 6) is 1.03. The molecule has 4 rings (SSSR count). The first-order chi connectivity index (χ1) is 14.8. The number of amides is 1. The van der Waals surface area contributed by atoms with Crippen molar-refractivity contribution in [3.05, 3.63) is 35.4 Å². The molecule has 0 radical (unpaired) electrons. The maximum atomic E-state index is 13.6. The number of hydrogen-bond acceptors (Lipinski definition) is 4. The van der Waals surface area contributed by atoms with Gasteiger partial charge in [-0.3, -0.25) is 9.69 Å². The van der Waals surface area contributed by atoms with E-state index in [-0.39, 0.29) is 29.5 Å². The number of sulfone groups is 1. The van der Waals surface area contributed by atoms with Crippen LogP contribution in [0.5, 0.6) is 0 Å². The van der Waals surface area contributed by atoms with Gasteiger partial charge >= 0.3 is 0 Å². The van der Waals surface area contributed by atoms with Crippen molar-refractivity contribution in [3.8, 4) is 0 Å². The summed E-state index contributed by atoms with van der Waals surface area (Å²) in [7, 11) is -3.01. The highest BCUT2D eigenvalue weighted by Crippen LogP contribution is 2.31. The van der Waals surface area contributed by atoms with E-state index in [4.69, 9.17) is 0 Å². The lowest BCUT2D eigenvalue weighted by Gasteiger charge is -2.39. The monoisotopic (exact) mass is 446 g/mol. The Labute approximate surface area is 188 Å². The molecule has 1 atom stereocenters. The minimum absolute atomic E-state index is 0.132. The standard InChI is InChI=1S/C25H38N2O3S/c1-19(2)21-10-8-20(9-11-21)16-26(22-12-13-22)17-25(28)27(23-6-4-3-5-7-23)24-14-15-31(29,30)18-24/h8-11,19,22-24H,3-7,12-18H2,1-2H3. The molecule has 1 saturated heterocycles. The van der Waals surface area contributed by atoms with Gasteiger partial charge in [-0.05, 0) is 49.1 Å². The Hall–Kier alpha value is -1.40. The Balaban J connectivity index is 1.47. The van der Waals surface area contributed by atoms with Gasteiger partial charge in [-0.1, -0.05) is 57.4 Å². The van der Waals surface area contributed by atoms with Crippen LogP contribution in [0.1, 0.15) is 82.3 Å². The summed E-state index contributed by atoms with van der Waals surface area (Å²) in [6.45, 7) is 5.60. The Kier molecular flexibility index (Phi) is 7.07.